The number of aliphatic hydroxyl groups excluding tert-OH is 1. The Morgan fingerprint density at radius 1 is 0.636 bits per heavy atom. The maximum atomic E-state index is 13.0. The summed E-state index contributed by atoms with van der Waals surface area (Å²) in [6, 6.07) is 47.0. The third kappa shape index (κ3) is 13.6. The second-order valence-corrected chi connectivity index (χ2v) is 14.7. The highest BCUT2D eigenvalue weighted by Crippen LogP contribution is 2.24. The first-order valence-corrected chi connectivity index (χ1v) is 19.0. The third-order valence-corrected chi connectivity index (χ3v) is 10.1. The van der Waals surface area contributed by atoms with E-state index in [4.69, 9.17) is 18.9 Å². The zero-order valence-corrected chi connectivity index (χ0v) is 32.1. The van der Waals surface area contributed by atoms with E-state index in [0.29, 0.717) is 6.29 Å². The highest BCUT2D eigenvalue weighted by molar-refractivity contribution is 7.85. The summed E-state index contributed by atoms with van der Waals surface area (Å²) in [4.78, 5) is 39.1. The fourth-order valence-electron chi connectivity index (χ4n) is 5.11. The number of ketones is 1. The number of ether oxygens (including phenoxy) is 4. The van der Waals surface area contributed by atoms with Gasteiger partial charge in [-0.25, -0.2) is 4.21 Å². The molecule has 0 unspecified atom stereocenters. The van der Waals surface area contributed by atoms with Gasteiger partial charge in [0.25, 0.3) is 0 Å². The Morgan fingerprint density at radius 2 is 1.02 bits per heavy atom. The molecular formula is C45H48O9S. The maximum Gasteiger partial charge on any atom is 0.319 e. The molecule has 5 aromatic carbocycles. The largest absolute Gasteiger partial charge is 0.451 e. The predicted octanol–water partition coefficient (Wildman–Crippen LogP) is 7.31. The molecule has 5 rings (SSSR count). The van der Waals surface area contributed by atoms with Crippen LogP contribution in [0.3, 0.4) is 0 Å². The number of carbonyl (C=O) groups excluding carboxylic acids is 3. The number of hydrogen-bond donors (Lipinski definition) is 1. The van der Waals surface area contributed by atoms with E-state index in [9.17, 15) is 23.7 Å². The van der Waals surface area contributed by atoms with Crippen molar-refractivity contribution in [3.8, 4) is 0 Å². The number of hydrogen-bond acceptors (Lipinski definition) is 9. The van der Waals surface area contributed by atoms with E-state index < -0.39 is 52.4 Å². The van der Waals surface area contributed by atoms with E-state index in [1.165, 1.54) is 20.8 Å². The van der Waals surface area contributed by atoms with Crippen molar-refractivity contribution in [1.29, 1.82) is 0 Å². The van der Waals surface area contributed by atoms with E-state index in [1.54, 1.807) is 0 Å². The van der Waals surface area contributed by atoms with Crippen molar-refractivity contribution in [2.45, 2.75) is 74.8 Å². The molecule has 0 bridgehead atoms. The molecule has 0 heterocycles. The first-order chi connectivity index (χ1) is 26.6. The second kappa shape index (κ2) is 22.3. The van der Waals surface area contributed by atoms with Gasteiger partial charge in [-0.15, -0.1) is 0 Å². The lowest BCUT2D eigenvalue weighted by Gasteiger charge is -2.34. The monoisotopic (exact) mass is 764 g/mol. The quantitative estimate of drug-likeness (QED) is 0.0524. The summed E-state index contributed by atoms with van der Waals surface area (Å²) in [5.74, 6) is -1.30. The Kier molecular flexibility index (Phi) is 17.3. The average molecular weight is 765 g/mol. The van der Waals surface area contributed by atoms with Crippen LogP contribution in [0.4, 0.5) is 0 Å². The maximum absolute atomic E-state index is 13.0. The molecule has 0 spiro atoms. The van der Waals surface area contributed by atoms with Crippen molar-refractivity contribution in [2.24, 2.45) is 5.41 Å². The molecule has 0 aliphatic rings. The molecule has 0 aliphatic heterocycles. The van der Waals surface area contributed by atoms with Crippen molar-refractivity contribution in [1.82, 2.24) is 0 Å². The molecule has 9 nitrogen and oxygen atoms in total. The SMILES string of the molecule is CC(=O)C(C)(C)C(=O)O[C@@H](C=O)[C@@H](OCc1ccccc1)[C@H](OCc1ccccc1)[C@H](O)COCc1ccccc1.O=S(c1ccccc1)c1ccccc1. The number of esters is 1. The summed E-state index contributed by atoms with van der Waals surface area (Å²) in [5, 5.41) is 11.3. The smallest absolute Gasteiger partial charge is 0.319 e. The number of Topliss-reactive ketones (excluding diaryl/α,β-unsaturated/α-hetero) is 1. The summed E-state index contributed by atoms with van der Waals surface area (Å²) in [6.07, 6.45) is -4.67. The zero-order chi connectivity index (χ0) is 39.5. The van der Waals surface area contributed by atoms with Crippen molar-refractivity contribution in [2.75, 3.05) is 6.61 Å². The van der Waals surface area contributed by atoms with Gasteiger partial charge in [-0.2, -0.15) is 0 Å². The van der Waals surface area contributed by atoms with E-state index >= 15 is 0 Å². The number of aldehydes is 1. The molecule has 0 aliphatic carbocycles. The molecular weight excluding hydrogens is 717 g/mol. The van der Waals surface area contributed by atoms with Gasteiger partial charge >= 0.3 is 5.97 Å². The molecule has 288 valence electrons. The Morgan fingerprint density at radius 3 is 1.42 bits per heavy atom. The van der Waals surface area contributed by atoms with Crippen molar-refractivity contribution in [3.05, 3.63) is 168 Å². The van der Waals surface area contributed by atoms with Gasteiger partial charge in [0.15, 0.2) is 12.4 Å². The Hall–Kier alpha value is -5.10. The highest BCUT2D eigenvalue weighted by Gasteiger charge is 2.42. The second-order valence-electron chi connectivity index (χ2n) is 13.2. The zero-order valence-electron chi connectivity index (χ0n) is 31.3. The van der Waals surface area contributed by atoms with Crippen LogP contribution in [-0.4, -0.2) is 58.4 Å². The fourth-order valence-corrected chi connectivity index (χ4v) is 6.19. The van der Waals surface area contributed by atoms with Crippen LogP contribution in [0.1, 0.15) is 37.5 Å². The lowest BCUT2D eigenvalue weighted by molar-refractivity contribution is -0.195. The summed E-state index contributed by atoms with van der Waals surface area (Å²) in [5.41, 5.74) is 1.07. The van der Waals surface area contributed by atoms with Gasteiger partial charge in [0, 0.05) is 9.79 Å². The molecule has 0 aromatic heterocycles. The lowest BCUT2D eigenvalue weighted by atomic mass is 9.89. The van der Waals surface area contributed by atoms with E-state index in [1.807, 2.05) is 152 Å². The molecule has 5 aromatic rings. The lowest BCUT2D eigenvalue weighted by Crippen LogP contribution is -2.52. The summed E-state index contributed by atoms with van der Waals surface area (Å²) < 4.78 is 35.6. The van der Waals surface area contributed by atoms with Gasteiger partial charge in [0.2, 0.25) is 0 Å². The number of rotatable bonds is 19. The first kappa shape index (κ1) is 42.6. The van der Waals surface area contributed by atoms with Crippen molar-refractivity contribution in [3.63, 3.8) is 0 Å². The van der Waals surface area contributed by atoms with Crippen LogP contribution in [0.5, 0.6) is 0 Å². The molecule has 1 N–H and O–H groups in total. The van der Waals surface area contributed by atoms with Crippen LogP contribution in [-0.2, 0) is 64.0 Å². The van der Waals surface area contributed by atoms with Gasteiger partial charge in [0.05, 0.1) is 37.2 Å². The fraction of sp³-hybridized carbons (Fsp3) is 0.267. The van der Waals surface area contributed by atoms with Crippen molar-refractivity contribution < 1.29 is 42.6 Å². The Labute approximate surface area is 325 Å². The average Bonchev–Trinajstić information content (AvgIpc) is 3.22. The van der Waals surface area contributed by atoms with E-state index in [0.717, 1.165) is 26.5 Å². The molecule has 55 heavy (non-hydrogen) atoms. The molecule has 0 radical (unpaired) electrons. The van der Waals surface area contributed by atoms with Crippen LogP contribution in [0, 0.1) is 5.41 Å². The third-order valence-electron chi connectivity index (χ3n) is 8.68. The van der Waals surface area contributed by atoms with E-state index in [2.05, 4.69) is 0 Å². The van der Waals surface area contributed by atoms with E-state index in [-0.39, 0.29) is 26.4 Å². The van der Waals surface area contributed by atoms with Crippen LogP contribution >= 0.6 is 0 Å². The standard InChI is InChI=1S/C33H38O8.C12H10OS/c1-24(35)33(2,3)32(37)41-29(19-34)31(40-22-27-17-11-6-12-18-27)30(39-21-26-15-9-5-10-16-26)28(36)23-38-20-25-13-7-4-8-14-25;13-14(11-7-3-1-4-8-11)12-9-5-2-6-10-12/h4-19,28-31,36H,20-23H2,1-3H3;1-10H/t28-,29+,30-,31-;/m1./s1. The van der Waals surface area contributed by atoms with Gasteiger partial charge in [-0.3, -0.25) is 14.4 Å². The Balaban J connectivity index is 0.000000399. The predicted molar refractivity (Wildman–Crippen MR) is 210 cm³/mol. The van der Waals surface area contributed by atoms with Crippen LogP contribution < -0.4 is 0 Å². The van der Waals surface area contributed by atoms with Gasteiger partial charge < -0.3 is 24.1 Å². The van der Waals surface area contributed by atoms with Crippen molar-refractivity contribution >= 4 is 28.8 Å². The highest BCUT2D eigenvalue weighted by atomic mass is 32.2. The Bertz CT molecular complexity index is 1850. The first-order valence-electron chi connectivity index (χ1n) is 17.9. The number of carbonyl (C=O) groups is 3. The topological polar surface area (TPSA) is 125 Å². The molecule has 4 atom stereocenters. The molecule has 0 saturated carbocycles. The normalized spacial score (nSPS) is 13.4. The molecule has 0 amide bonds. The minimum atomic E-state index is -1.48. The van der Waals surface area contributed by atoms with Gasteiger partial charge in [-0.1, -0.05) is 127 Å². The number of benzene rings is 5. The summed E-state index contributed by atoms with van der Waals surface area (Å²) in [6.45, 7) is 4.37. The molecule has 10 heteroatoms. The van der Waals surface area contributed by atoms with Crippen LogP contribution in [0.25, 0.3) is 0 Å². The number of aliphatic hydroxyl groups is 1. The van der Waals surface area contributed by atoms with Crippen LogP contribution in [0.15, 0.2) is 161 Å². The summed E-state index contributed by atoms with van der Waals surface area (Å²) in [7, 11) is -1.05. The molecule has 0 saturated heterocycles. The minimum Gasteiger partial charge on any atom is -0.451 e. The van der Waals surface area contributed by atoms with Gasteiger partial charge in [0.1, 0.15) is 29.5 Å². The minimum absolute atomic E-state index is 0.0479. The summed E-state index contributed by atoms with van der Waals surface area (Å²) >= 11 is 0. The van der Waals surface area contributed by atoms with Gasteiger partial charge in [-0.05, 0) is 61.7 Å². The molecule has 0 fully saturated rings. The van der Waals surface area contributed by atoms with Crippen LogP contribution in [0.2, 0.25) is 0 Å².